The molecule has 27 heavy (non-hydrogen) atoms. The largest absolute Gasteiger partial charge is 0.467 e. The van der Waals surface area contributed by atoms with Crippen LogP contribution >= 0.6 is 0 Å². The Bertz CT molecular complexity index is 903. The molecule has 0 radical (unpaired) electrons. The molecule has 2 aromatic rings. The third-order valence-electron chi connectivity index (χ3n) is 5.00. The van der Waals surface area contributed by atoms with Gasteiger partial charge < -0.3 is 15.0 Å². The van der Waals surface area contributed by atoms with E-state index in [1.165, 1.54) is 36.3 Å². The molecule has 0 spiro atoms. The number of carbonyl (C=O) groups is 1. The lowest BCUT2D eigenvalue weighted by Crippen LogP contribution is -2.26. The summed E-state index contributed by atoms with van der Waals surface area (Å²) in [5, 5.41) is 2.93. The molecule has 6 heteroatoms. The lowest BCUT2D eigenvalue weighted by molar-refractivity contribution is 0.0950. The summed E-state index contributed by atoms with van der Waals surface area (Å²) in [7, 11) is 1.49. The lowest BCUT2D eigenvalue weighted by atomic mass is 10.00. The first-order valence-corrected chi connectivity index (χ1v) is 9.11. The van der Waals surface area contributed by atoms with Crippen molar-refractivity contribution in [2.45, 2.75) is 19.4 Å². The number of nitrogens with zero attached hydrogens (tertiary/aromatic N) is 3. The summed E-state index contributed by atoms with van der Waals surface area (Å²) in [5.41, 5.74) is 5.63. The van der Waals surface area contributed by atoms with Gasteiger partial charge in [0.1, 0.15) is 0 Å². The molecule has 0 bridgehead atoms. The Morgan fingerprint density at radius 3 is 2.59 bits per heavy atom. The molecule has 0 saturated heterocycles. The van der Waals surface area contributed by atoms with Gasteiger partial charge in [0.05, 0.1) is 12.7 Å². The normalized spacial score (nSPS) is 15.3. The molecule has 0 atom stereocenters. The van der Waals surface area contributed by atoms with Gasteiger partial charge >= 0.3 is 6.01 Å². The van der Waals surface area contributed by atoms with Crippen molar-refractivity contribution in [3.63, 3.8) is 0 Å². The van der Waals surface area contributed by atoms with Crippen LogP contribution in [0, 0.1) is 0 Å². The number of hydrogen-bond donors (Lipinski definition) is 1. The van der Waals surface area contributed by atoms with Crippen LogP contribution in [0.3, 0.4) is 0 Å². The third-order valence-corrected chi connectivity index (χ3v) is 5.00. The van der Waals surface area contributed by atoms with Crippen molar-refractivity contribution < 1.29 is 9.53 Å². The number of allylic oxidation sites excluding steroid dienone is 3. The van der Waals surface area contributed by atoms with Crippen molar-refractivity contribution in [2.24, 2.45) is 0 Å². The standard InChI is InChI=1S/C21H22N4O2/c1-27-21-23-13-18(14-24-21)20(26)22-12-15-5-6-16-7-9-25(19-3-2-4-19)10-8-17(16)11-15/h2-6,11,13-14H,7-10,12H2,1H3,(H,22,26). The van der Waals surface area contributed by atoms with Gasteiger partial charge in [0.25, 0.3) is 5.91 Å². The molecule has 138 valence electrons. The fourth-order valence-electron chi connectivity index (χ4n) is 3.36. The Morgan fingerprint density at radius 1 is 1.19 bits per heavy atom. The number of nitrogens with one attached hydrogen (secondary N) is 1. The van der Waals surface area contributed by atoms with Crippen molar-refractivity contribution >= 4 is 5.91 Å². The van der Waals surface area contributed by atoms with Crippen molar-refractivity contribution in [2.75, 3.05) is 20.2 Å². The van der Waals surface area contributed by atoms with E-state index >= 15 is 0 Å². The maximum Gasteiger partial charge on any atom is 0.316 e. The Balaban J connectivity index is 1.37. The minimum absolute atomic E-state index is 0.192. The highest BCUT2D eigenvalue weighted by atomic mass is 16.5. The molecular formula is C21H22N4O2. The van der Waals surface area contributed by atoms with E-state index in [0.29, 0.717) is 12.1 Å². The summed E-state index contributed by atoms with van der Waals surface area (Å²) in [5.74, 6) is -0.192. The third kappa shape index (κ3) is 3.84. The zero-order valence-corrected chi connectivity index (χ0v) is 15.3. The summed E-state index contributed by atoms with van der Waals surface area (Å²) in [6, 6.07) is 6.76. The molecule has 2 heterocycles. The van der Waals surface area contributed by atoms with Crippen LogP contribution in [0.15, 0.2) is 54.5 Å². The molecule has 0 unspecified atom stereocenters. The first kappa shape index (κ1) is 17.3. The van der Waals surface area contributed by atoms with Crippen LogP contribution in [0.1, 0.15) is 27.0 Å². The minimum atomic E-state index is -0.192. The number of hydrogen-bond acceptors (Lipinski definition) is 5. The molecule has 1 amide bonds. The Labute approximate surface area is 158 Å². The smallest absolute Gasteiger partial charge is 0.316 e. The number of rotatable bonds is 5. The van der Waals surface area contributed by atoms with Crippen LogP contribution in [-0.2, 0) is 19.4 Å². The van der Waals surface area contributed by atoms with Crippen molar-refractivity contribution in [3.8, 4) is 6.01 Å². The van der Waals surface area contributed by atoms with Crippen LogP contribution in [-0.4, -0.2) is 41.0 Å². The molecular weight excluding hydrogens is 340 g/mol. The van der Waals surface area contributed by atoms with Gasteiger partial charge in [0.2, 0.25) is 0 Å². The number of carbonyl (C=O) groups excluding carboxylic acids is 1. The number of benzene rings is 1. The van der Waals surface area contributed by atoms with E-state index in [4.69, 9.17) is 4.74 Å². The highest BCUT2D eigenvalue weighted by Crippen LogP contribution is 2.22. The van der Waals surface area contributed by atoms with Crippen LogP contribution in [0.2, 0.25) is 0 Å². The molecule has 4 rings (SSSR count). The Kier molecular flexibility index (Phi) is 4.87. The topological polar surface area (TPSA) is 67.3 Å². The van der Waals surface area contributed by atoms with E-state index in [2.05, 4.69) is 56.6 Å². The molecule has 0 saturated carbocycles. The van der Waals surface area contributed by atoms with Gasteiger partial charge in [-0.15, -0.1) is 0 Å². The summed E-state index contributed by atoms with van der Waals surface area (Å²) in [6.07, 6.45) is 11.4. The highest BCUT2D eigenvalue weighted by molar-refractivity contribution is 5.93. The average Bonchev–Trinajstić information content (AvgIpc) is 2.87. The van der Waals surface area contributed by atoms with Gasteiger partial charge in [-0.3, -0.25) is 4.79 Å². The predicted molar refractivity (Wildman–Crippen MR) is 102 cm³/mol. The van der Waals surface area contributed by atoms with Crippen molar-refractivity contribution in [1.82, 2.24) is 20.2 Å². The van der Waals surface area contributed by atoms with Crippen LogP contribution < -0.4 is 10.1 Å². The number of fused-ring (bicyclic) bond motifs is 1. The molecule has 1 aliphatic heterocycles. The highest BCUT2D eigenvalue weighted by Gasteiger charge is 2.16. The maximum absolute atomic E-state index is 12.3. The van der Waals surface area contributed by atoms with E-state index in [1.54, 1.807) is 0 Å². The Morgan fingerprint density at radius 2 is 1.93 bits per heavy atom. The first-order valence-electron chi connectivity index (χ1n) is 9.11. The van der Waals surface area contributed by atoms with E-state index in [1.807, 2.05) is 0 Å². The number of aromatic nitrogens is 2. The molecule has 2 aliphatic rings. The van der Waals surface area contributed by atoms with Gasteiger partial charge in [0.15, 0.2) is 0 Å². The number of amides is 1. The van der Waals surface area contributed by atoms with Crippen molar-refractivity contribution in [1.29, 1.82) is 0 Å². The van der Waals surface area contributed by atoms with E-state index in [9.17, 15) is 4.79 Å². The number of methoxy groups -OCH3 is 1. The summed E-state index contributed by atoms with van der Waals surface area (Å²) in [6.45, 7) is 2.56. The van der Waals surface area contributed by atoms with E-state index < -0.39 is 0 Å². The molecule has 0 fully saturated rings. The van der Waals surface area contributed by atoms with Gasteiger partial charge in [0, 0.05) is 37.7 Å². The molecule has 1 N–H and O–H groups in total. The SMILES string of the molecule is COc1ncc(C(=O)NCc2ccc3c(c2)CCN(C2=CC=C2)CC3)cn1. The second kappa shape index (κ2) is 7.61. The lowest BCUT2D eigenvalue weighted by Gasteiger charge is -2.26. The molecule has 6 nitrogen and oxygen atoms in total. The van der Waals surface area contributed by atoms with Crippen molar-refractivity contribution in [3.05, 3.63) is 76.8 Å². The molecule has 1 aliphatic carbocycles. The quantitative estimate of drug-likeness (QED) is 0.884. The minimum Gasteiger partial charge on any atom is -0.467 e. The van der Waals surface area contributed by atoms with Gasteiger partial charge in [-0.1, -0.05) is 24.3 Å². The number of ether oxygens (including phenoxy) is 1. The monoisotopic (exact) mass is 362 g/mol. The zero-order chi connectivity index (χ0) is 18.6. The average molecular weight is 362 g/mol. The van der Waals surface area contributed by atoms with Gasteiger partial charge in [-0.2, -0.15) is 0 Å². The summed E-state index contributed by atoms with van der Waals surface area (Å²) in [4.78, 5) is 22.6. The second-order valence-electron chi connectivity index (χ2n) is 6.68. The maximum atomic E-state index is 12.3. The Hall–Kier alpha value is -3.15. The van der Waals surface area contributed by atoms with Crippen LogP contribution in [0.5, 0.6) is 6.01 Å². The molecule has 1 aromatic heterocycles. The fourth-order valence-corrected chi connectivity index (χ4v) is 3.36. The van der Waals surface area contributed by atoms with E-state index in [-0.39, 0.29) is 11.9 Å². The molecule has 1 aromatic carbocycles. The van der Waals surface area contributed by atoms with Crippen LogP contribution in [0.25, 0.3) is 0 Å². The van der Waals surface area contributed by atoms with Gasteiger partial charge in [-0.25, -0.2) is 9.97 Å². The van der Waals surface area contributed by atoms with Crippen LogP contribution in [0.4, 0.5) is 0 Å². The fraction of sp³-hybridized carbons (Fsp3) is 0.286. The summed E-state index contributed by atoms with van der Waals surface area (Å²) >= 11 is 0. The first-order chi connectivity index (χ1) is 13.2. The van der Waals surface area contributed by atoms with Gasteiger partial charge in [-0.05, 0) is 41.7 Å². The van der Waals surface area contributed by atoms with E-state index in [0.717, 1.165) is 31.5 Å². The summed E-state index contributed by atoms with van der Waals surface area (Å²) < 4.78 is 4.91. The zero-order valence-electron chi connectivity index (χ0n) is 15.3. The second-order valence-corrected chi connectivity index (χ2v) is 6.68. The predicted octanol–water partition coefficient (Wildman–Crippen LogP) is 2.27.